The highest BCUT2D eigenvalue weighted by Gasteiger charge is 2.38. The molecule has 1 aromatic carbocycles. The van der Waals surface area contributed by atoms with Gasteiger partial charge in [-0.15, -0.1) is 0 Å². The zero-order valence-electron chi connectivity index (χ0n) is 14.3. The predicted octanol–water partition coefficient (Wildman–Crippen LogP) is 1.66. The maximum absolute atomic E-state index is 12.2. The van der Waals surface area contributed by atoms with Crippen molar-refractivity contribution in [2.24, 2.45) is 5.92 Å². The maximum atomic E-state index is 12.2. The number of hydrogen-bond donors (Lipinski definition) is 1. The normalized spacial score (nSPS) is 18.6. The lowest BCUT2D eigenvalue weighted by molar-refractivity contribution is -0.152. The van der Waals surface area contributed by atoms with Gasteiger partial charge in [0, 0.05) is 19.0 Å². The summed E-state index contributed by atoms with van der Waals surface area (Å²) < 4.78 is 5.04. The molecule has 2 atom stereocenters. The van der Waals surface area contributed by atoms with E-state index < -0.39 is 11.9 Å². The fraction of sp³-hybridized carbons (Fsp3) is 0.500. The van der Waals surface area contributed by atoms with Gasteiger partial charge in [0.1, 0.15) is 0 Å². The summed E-state index contributed by atoms with van der Waals surface area (Å²) in [6.07, 6.45) is 0.127. The van der Waals surface area contributed by atoms with Crippen molar-refractivity contribution in [3.63, 3.8) is 0 Å². The molecule has 1 heterocycles. The second-order valence-corrected chi connectivity index (χ2v) is 6.36. The number of nitrogens with one attached hydrogen (secondary N) is 1. The fourth-order valence-electron chi connectivity index (χ4n) is 2.79. The number of carbonyl (C=O) groups is 3. The monoisotopic (exact) mass is 332 g/mol. The molecular formula is C18H24N2O4. The van der Waals surface area contributed by atoms with Crippen LogP contribution >= 0.6 is 0 Å². The van der Waals surface area contributed by atoms with Crippen molar-refractivity contribution in [3.05, 3.63) is 35.9 Å². The number of esters is 1. The Kier molecular flexibility index (Phi) is 5.95. The molecule has 24 heavy (non-hydrogen) atoms. The highest BCUT2D eigenvalue weighted by Crippen LogP contribution is 2.28. The molecule has 1 N–H and O–H groups in total. The molecule has 1 saturated heterocycles. The lowest BCUT2D eigenvalue weighted by Gasteiger charge is -2.25. The molecule has 0 spiro atoms. The van der Waals surface area contributed by atoms with E-state index in [-0.39, 0.29) is 36.9 Å². The van der Waals surface area contributed by atoms with Crippen LogP contribution in [-0.4, -0.2) is 41.9 Å². The van der Waals surface area contributed by atoms with Crippen molar-refractivity contribution in [2.75, 3.05) is 13.2 Å². The summed E-state index contributed by atoms with van der Waals surface area (Å²) in [5.74, 6) is -1.42. The van der Waals surface area contributed by atoms with Crippen molar-refractivity contribution < 1.29 is 19.1 Å². The third-order valence-corrected chi connectivity index (χ3v) is 4.04. The molecule has 0 radical (unpaired) electrons. The molecule has 130 valence electrons. The van der Waals surface area contributed by atoms with Crippen LogP contribution in [0.15, 0.2) is 30.3 Å². The Morgan fingerprint density at radius 1 is 1.25 bits per heavy atom. The number of hydrogen-bond acceptors (Lipinski definition) is 4. The molecular weight excluding hydrogens is 308 g/mol. The van der Waals surface area contributed by atoms with E-state index in [1.165, 1.54) is 0 Å². The first-order valence-electron chi connectivity index (χ1n) is 8.19. The molecule has 2 amide bonds. The van der Waals surface area contributed by atoms with Crippen LogP contribution < -0.4 is 5.32 Å². The standard InChI is InChI=1S/C18H24N2O4/c1-12(2)19-16(21)11-24-18(23)15-9-17(22)20(10-15)13(3)14-7-5-4-6-8-14/h4-8,12-13,15H,9-11H2,1-3H3,(H,19,21)/t13-,15+/m0/s1. The summed E-state index contributed by atoms with van der Waals surface area (Å²) in [4.78, 5) is 37.6. The van der Waals surface area contributed by atoms with E-state index in [1.807, 2.05) is 51.1 Å². The minimum Gasteiger partial charge on any atom is -0.455 e. The number of ether oxygens (including phenoxy) is 1. The van der Waals surface area contributed by atoms with Gasteiger partial charge in [0.25, 0.3) is 5.91 Å². The van der Waals surface area contributed by atoms with Crippen LogP contribution in [0.4, 0.5) is 0 Å². The lowest BCUT2D eigenvalue weighted by atomic mass is 10.1. The van der Waals surface area contributed by atoms with Gasteiger partial charge in [-0.2, -0.15) is 0 Å². The van der Waals surface area contributed by atoms with Crippen molar-refractivity contribution in [2.45, 2.75) is 39.3 Å². The molecule has 0 saturated carbocycles. The first-order chi connectivity index (χ1) is 11.4. The van der Waals surface area contributed by atoms with Crippen LogP contribution in [0.1, 0.15) is 38.8 Å². The van der Waals surface area contributed by atoms with Crippen molar-refractivity contribution in [1.82, 2.24) is 10.2 Å². The van der Waals surface area contributed by atoms with Crippen LogP contribution in [0.5, 0.6) is 0 Å². The van der Waals surface area contributed by atoms with Crippen LogP contribution in [0.25, 0.3) is 0 Å². The Morgan fingerprint density at radius 3 is 2.54 bits per heavy atom. The van der Waals surface area contributed by atoms with E-state index in [9.17, 15) is 14.4 Å². The average molecular weight is 332 g/mol. The van der Waals surface area contributed by atoms with E-state index in [0.29, 0.717) is 6.54 Å². The second kappa shape index (κ2) is 7.95. The molecule has 0 aromatic heterocycles. The first-order valence-corrected chi connectivity index (χ1v) is 8.19. The molecule has 6 heteroatoms. The van der Waals surface area contributed by atoms with Gasteiger partial charge in [0.15, 0.2) is 6.61 Å². The lowest BCUT2D eigenvalue weighted by Crippen LogP contribution is -2.35. The molecule has 0 bridgehead atoms. The Labute approximate surface area is 142 Å². The Morgan fingerprint density at radius 2 is 1.92 bits per heavy atom. The Bertz CT molecular complexity index is 600. The first kappa shape index (κ1) is 18.0. The smallest absolute Gasteiger partial charge is 0.311 e. The van der Waals surface area contributed by atoms with Gasteiger partial charge in [-0.1, -0.05) is 30.3 Å². The summed E-state index contributed by atoms with van der Waals surface area (Å²) in [6.45, 7) is 5.61. The second-order valence-electron chi connectivity index (χ2n) is 6.36. The number of rotatable bonds is 6. The molecule has 6 nitrogen and oxygen atoms in total. The van der Waals surface area contributed by atoms with E-state index in [2.05, 4.69) is 5.32 Å². The average Bonchev–Trinajstić information content (AvgIpc) is 2.94. The number of likely N-dealkylation sites (tertiary alicyclic amines) is 1. The number of nitrogens with zero attached hydrogens (tertiary/aromatic N) is 1. The third-order valence-electron chi connectivity index (χ3n) is 4.04. The predicted molar refractivity (Wildman–Crippen MR) is 88.9 cm³/mol. The minimum atomic E-state index is -0.518. The van der Waals surface area contributed by atoms with E-state index >= 15 is 0 Å². The maximum Gasteiger partial charge on any atom is 0.311 e. The van der Waals surface area contributed by atoms with Gasteiger partial charge < -0.3 is 15.0 Å². The molecule has 1 aromatic rings. The Hall–Kier alpha value is -2.37. The third kappa shape index (κ3) is 4.57. The molecule has 1 aliphatic rings. The van der Waals surface area contributed by atoms with E-state index in [4.69, 9.17) is 4.74 Å². The van der Waals surface area contributed by atoms with Gasteiger partial charge >= 0.3 is 5.97 Å². The minimum absolute atomic E-state index is 0.00789. The van der Waals surface area contributed by atoms with E-state index in [0.717, 1.165) is 5.56 Å². The van der Waals surface area contributed by atoms with Crippen LogP contribution in [0.3, 0.4) is 0 Å². The van der Waals surface area contributed by atoms with Crippen LogP contribution in [0, 0.1) is 5.92 Å². The van der Waals surface area contributed by atoms with Gasteiger partial charge in [0.05, 0.1) is 12.0 Å². The Balaban J connectivity index is 1.89. The summed E-state index contributed by atoms with van der Waals surface area (Å²) in [6, 6.07) is 9.58. The molecule has 2 rings (SSSR count). The van der Waals surface area contributed by atoms with Crippen LogP contribution in [-0.2, 0) is 19.1 Å². The number of benzene rings is 1. The largest absolute Gasteiger partial charge is 0.455 e. The van der Waals surface area contributed by atoms with Gasteiger partial charge in [-0.25, -0.2) is 0 Å². The highest BCUT2D eigenvalue weighted by atomic mass is 16.5. The van der Waals surface area contributed by atoms with Crippen molar-refractivity contribution >= 4 is 17.8 Å². The van der Waals surface area contributed by atoms with Crippen molar-refractivity contribution in [1.29, 1.82) is 0 Å². The summed E-state index contributed by atoms with van der Waals surface area (Å²) in [5, 5.41) is 2.65. The molecule has 0 unspecified atom stereocenters. The quantitative estimate of drug-likeness (QED) is 0.804. The van der Waals surface area contributed by atoms with Crippen LogP contribution in [0.2, 0.25) is 0 Å². The molecule has 1 aliphatic heterocycles. The number of carbonyl (C=O) groups excluding carboxylic acids is 3. The zero-order valence-corrected chi connectivity index (χ0v) is 14.3. The summed E-state index contributed by atoms with van der Waals surface area (Å²) in [7, 11) is 0. The van der Waals surface area contributed by atoms with Gasteiger partial charge in [-0.3, -0.25) is 14.4 Å². The van der Waals surface area contributed by atoms with E-state index in [1.54, 1.807) is 4.90 Å². The highest BCUT2D eigenvalue weighted by molar-refractivity contribution is 5.88. The van der Waals surface area contributed by atoms with Gasteiger partial charge in [-0.05, 0) is 26.3 Å². The summed E-state index contributed by atoms with van der Waals surface area (Å²) >= 11 is 0. The fourth-order valence-corrected chi connectivity index (χ4v) is 2.79. The van der Waals surface area contributed by atoms with Crippen molar-refractivity contribution in [3.8, 4) is 0 Å². The molecule has 0 aliphatic carbocycles. The molecule has 1 fully saturated rings. The topological polar surface area (TPSA) is 75.7 Å². The number of amides is 2. The van der Waals surface area contributed by atoms with Gasteiger partial charge in [0.2, 0.25) is 5.91 Å². The summed E-state index contributed by atoms with van der Waals surface area (Å²) in [5.41, 5.74) is 1.02. The SMILES string of the molecule is CC(C)NC(=O)COC(=O)[C@@H]1CC(=O)N([C@@H](C)c2ccccc2)C1. The zero-order chi connectivity index (χ0) is 17.7.